The van der Waals surface area contributed by atoms with Gasteiger partial charge in [0.25, 0.3) is 11.1 Å². The number of rotatable bonds is 4. The molecule has 1 aromatic heterocycles. The Kier molecular flexibility index (Phi) is 5.88. The van der Waals surface area contributed by atoms with E-state index in [1.807, 2.05) is 24.3 Å². The molecule has 5 nitrogen and oxygen atoms in total. The molecule has 0 aliphatic heterocycles. The zero-order valence-corrected chi connectivity index (χ0v) is 16.3. The van der Waals surface area contributed by atoms with Gasteiger partial charge in [-0.3, -0.25) is 9.59 Å². The molecule has 3 aromatic rings. The lowest BCUT2D eigenvalue weighted by molar-refractivity contribution is 0.0997. The van der Waals surface area contributed by atoms with Gasteiger partial charge in [-0.15, -0.1) is 0 Å². The molecule has 0 aliphatic carbocycles. The third kappa shape index (κ3) is 4.53. The lowest BCUT2D eigenvalue weighted by Crippen LogP contribution is -2.17. The van der Waals surface area contributed by atoms with Gasteiger partial charge in [0.05, 0.1) is 10.7 Å². The molecule has 138 valence electrons. The second-order valence-electron chi connectivity index (χ2n) is 5.86. The Morgan fingerprint density at radius 2 is 1.70 bits per heavy atom. The Balaban J connectivity index is 1.79. The van der Waals surface area contributed by atoms with Crippen molar-refractivity contribution in [3.63, 3.8) is 0 Å². The van der Waals surface area contributed by atoms with Gasteiger partial charge in [-0.1, -0.05) is 35.9 Å². The van der Waals surface area contributed by atoms with Crippen LogP contribution in [0.5, 0.6) is 0 Å². The van der Waals surface area contributed by atoms with Gasteiger partial charge >= 0.3 is 0 Å². The number of hydrogen-bond donors (Lipinski definition) is 1. The number of anilines is 1. The highest BCUT2D eigenvalue weighted by atomic mass is 35.5. The van der Waals surface area contributed by atoms with Crippen LogP contribution in [0.15, 0.2) is 70.0 Å². The molecule has 2 aromatic carbocycles. The van der Waals surface area contributed by atoms with E-state index in [9.17, 15) is 9.59 Å². The van der Waals surface area contributed by atoms with Gasteiger partial charge in [-0.05, 0) is 48.2 Å². The Hall–Kier alpha value is -2.70. The van der Waals surface area contributed by atoms with Gasteiger partial charge in [-0.25, -0.2) is 0 Å². The van der Waals surface area contributed by atoms with Crippen molar-refractivity contribution < 1.29 is 14.0 Å². The van der Waals surface area contributed by atoms with Gasteiger partial charge in [0.15, 0.2) is 5.76 Å². The van der Waals surface area contributed by atoms with Crippen LogP contribution in [-0.2, 0) is 0 Å². The van der Waals surface area contributed by atoms with E-state index in [0.717, 1.165) is 11.8 Å². The molecule has 3 rings (SSSR count). The van der Waals surface area contributed by atoms with E-state index in [2.05, 4.69) is 5.32 Å². The average Bonchev–Trinajstić information content (AvgIpc) is 3.13. The quantitative estimate of drug-likeness (QED) is 0.577. The van der Waals surface area contributed by atoms with Crippen LogP contribution < -0.4 is 5.32 Å². The first kappa shape index (κ1) is 19.1. The highest BCUT2D eigenvalue weighted by Crippen LogP contribution is 2.31. The Bertz CT molecular complexity index is 985. The molecule has 0 spiro atoms. The number of nitrogens with one attached hydrogen (secondary N) is 1. The first-order chi connectivity index (χ1) is 13.0. The monoisotopic (exact) mass is 400 g/mol. The van der Waals surface area contributed by atoms with Gasteiger partial charge in [-0.2, -0.15) is 0 Å². The van der Waals surface area contributed by atoms with E-state index in [1.54, 1.807) is 50.5 Å². The highest BCUT2D eigenvalue weighted by molar-refractivity contribution is 8.13. The molecule has 0 saturated carbocycles. The van der Waals surface area contributed by atoms with Gasteiger partial charge < -0.3 is 14.6 Å². The van der Waals surface area contributed by atoms with Crippen LogP contribution in [0.3, 0.4) is 0 Å². The van der Waals surface area contributed by atoms with Crippen LogP contribution in [0.25, 0.3) is 11.3 Å². The van der Waals surface area contributed by atoms with Crippen molar-refractivity contribution in [1.82, 2.24) is 4.90 Å². The molecule has 0 unspecified atom stereocenters. The molecule has 1 N–H and O–H groups in total. The van der Waals surface area contributed by atoms with Crippen molar-refractivity contribution in [2.24, 2.45) is 0 Å². The number of hydrogen-bond acceptors (Lipinski definition) is 4. The maximum Gasteiger partial charge on any atom is 0.291 e. The van der Waals surface area contributed by atoms with Crippen LogP contribution >= 0.6 is 23.4 Å². The summed E-state index contributed by atoms with van der Waals surface area (Å²) in [4.78, 5) is 26.7. The number of thioether (sulfide) groups is 1. The van der Waals surface area contributed by atoms with Crippen LogP contribution in [0, 0.1) is 0 Å². The van der Waals surface area contributed by atoms with Crippen LogP contribution in [-0.4, -0.2) is 30.1 Å². The van der Waals surface area contributed by atoms with Gasteiger partial charge in [0.1, 0.15) is 5.76 Å². The molecule has 0 aliphatic rings. The van der Waals surface area contributed by atoms with Crippen molar-refractivity contribution in [2.75, 3.05) is 19.4 Å². The zero-order valence-electron chi connectivity index (χ0n) is 14.7. The summed E-state index contributed by atoms with van der Waals surface area (Å²) in [6.07, 6.45) is 0. The standard InChI is InChI=1S/C20H17ClN2O3S/c1-23(2)20(25)27-18-10-6-5-9-15(18)22-19(24)17-12-11-16(26-17)13-7-3-4-8-14(13)21/h3-12H,1-2H3,(H,22,24). The summed E-state index contributed by atoms with van der Waals surface area (Å²) in [5.74, 6) is 0.263. The van der Waals surface area contributed by atoms with E-state index < -0.39 is 5.91 Å². The first-order valence-electron chi connectivity index (χ1n) is 8.10. The molecule has 1 heterocycles. The number of amides is 2. The van der Waals surface area contributed by atoms with E-state index >= 15 is 0 Å². The van der Waals surface area contributed by atoms with Crippen LogP contribution in [0.4, 0.5) is 10.5 Å². The largest absolute Gasteiger partial charge is 0.451 e. The number of halogens is 1. The molecule has 0 bridgehead atoms. The molecular weight excluding hydrogens is 384 g/mol. The smallest absolute Gasteiger partial charge is 0.291 e. The van der Waals surface area contributed by atoms with Crippen LogP contribution in [0.2, 0.25) is 5.02 Å². The SMILES string of the molecule is CN(C)C(=O)Sc1ccccc1NC(=O)c1ccc(-c2ccccc2Cl)o1. The maximum atomic E-state index is 12.6. The van der Waals surface area contributed by atoms with E-state index in [0.29, 0.717) is 26.9 Å². The van der Waals surface area contributed by atoms with Crippen molar-refractivity contribution in [2.45, 2.75) is 4.90 Å². The fraction of sp³-hybridized carbons (Fsp3) is 0.100. The minimum Gasteiger partial charge on any atom is -0.451 e. The molecule has 2 amide bonds. The van der Waals surface area contributed by atoms with Crippen molar-refractivity contribution in [3.05, 3.63) is 71.4 Å². The van der Waals surface area contributed by atoms with Crippen LogP contribution in [0.1, 0.15) is 10.6 Å². The van der Waals surface area contributed by atoms with Gasteiger partial charge in [0, 0.05) is 24.6 Å². The molecule has 0 atom stereocenters. The van der Waals surface area contributed by atoms with Crippen molar-refractivity contribution in [1.29, 1.82) is 0 Å². The van der Waals surface area contributed by atoms with E-state index in [1.165, 1.54) is 4.90 Å². The van der Waals surface area contributed by atoms with E-state index in [-0.39, 0.29) is 11.0 Å². The number of carbonyl (C=O) groups excluding carboxylic acids is 2. The average molecular weight is 401 g/mol. The summed E-state index contributed by atoms with van der Waals surface area (Å²) in [6, 6.07) is 17.7. The summed E-state index contributed by atoms with van der Waals surface area (Å²) in [5, 5.41) is 3.21. The predicted molar refractivity (Wildman–Crippen MR) is 108 cm³/mol. The van der Waals surface area contributed by atoms with Crippen molar-refractivity contribution in [3.8, 4) is 11.3 Å². The number of carbonyl (C=O) groups is 2. The predicted octanol–water partition coefficient (Wildman–Crippen LogP) is 5.63. The normalized spacial score (nSPS) is 10.5. The molecule has 27 heavy (non-hydrogen) atoms. The molecule has 0 fully saturated rings. The summed E-state index contributed by atoms with van der Waals surface area (Å²) in [5.41, 5.74) is 1.25. The Morgan fingerprint density at radius 3 is 2.44 bits per heavy atom. The lowest BCUT2D eigenvalue weighted by Gasteiger charge is -2.12. The fourth-order valence-corrected chi connectivity index (χ4v) is 3.27. The second-order valence-corrected chi connectivity index (χ2v) is 7.26. The third-order valence-electron chi connectivity index (χ3n) is 3.67. The topological polar surface area (TPSA) is 62.6 Å². The number of benzene rings is 2. The van der Waals surface area contributed by atoms with Crippen molar-refractivity contribution >= 4 is 40.2 Å². The summed E-state index contributed by atoms with van der Waals surface area (Å²) in [7, 11) is 3.35. The number of para-hydroxylation sites is 1. The molecular formula is C20H17ClN2O3S. The zero-order chi connectivity index (χ0) is 19.4. The first-order valence-corrected chi connectivity index (χ1v) is 9.29. The van der Waals surface area contributed by atoms with Gasteiger partial charge in [0.2, 0.25) is 0 Å². The number of furan rings is 1. The third-order valence-corrected chi connectivity index (χ3v) is 5.11. The summed E-state index contributed by atoms with van der Waals surface area (Å²) >= 11 is 7.22. The maximum absolute atomic E-state index is 12.6. The molecule has 0 saturated heterocycles. The van der Waals surface area contributed by atoms with E-state index in [4.69, 9.17) is 16.0 Å². The summed E-state index contributed by atoms with van der Waals surface area (Å²) < 4.78 is 5.67. The molecule has 0 radical (unpaired) electrons. The minimum atomic E-state index is -0.404. The fourth-order valence-electron chi connectivity index (χ4n) is 2.29. The highest BCUT2D eigenvalue weighted by Gasteiger charge is 2.17. The Morgan fingerprint density at radius 1 is 1.00 bits per heavy atom. The second kappa shape index (κ2) is 8.33. The number of nitrogens with zero attached hydrogens (tertiary/aromatic N) is 1. The minimum absolute atomic E-state index is 0.129. The Labute approximate surface area is 166 Å². The summed E-state index contributed by atoms with van der Waals surface area (Å²) in [6.45, 7) is 0. The molecule has 7 heteroatoms. The lowest BCUT2D eigenvalue weighted by atomic mass is 10.2.